The Kier molecular flexibility index (Phi) is 2.77. The van der Waals surface area contributed by atoms with Crippen LogP contribution in [0.5, 0.6) is 0 Å². The molecule has 1 aliphatic heterocycles. The summed E-state index contributed by atoms with van der Waals surface area (Å²) in [6.45, 7) is 0.604. The quantitative estimate of drug-likeness (QED) is 0.507. The predicted octanol–water partition coefficient (Wildman–Crippen LogP) is -2.36. The van der Waals surface area contributed by atoms with Crippen molar-refractivity contribution in [3.05, 3.63) is 32.6 Å². The molecule has 1 aromatic heterocycles. The molecule has 2 heterocycles. The summed E-state index contributed by atoms with van der Waals surface area (Å²) in [5.41, 5.74) is -1.62. The van der Waals surface area contributed by atoms with E-state index in [4.69, 9.17) is 0 Å². The van der Waals surface area contributed by atoms with E-state index < -0.39 is 17.2 Å². The molecule has 1 aromatic rings. The molecule has 0 aliphatic carbocycles. The Labute approximate surface area is 94.6 Å². The van der Waals surface area contributed by atoms with Crippen molar-refractivity contribution in [3.8, 4) is 0 Å². The fourth-order valence-corrected chi connectivity index (χ4v) is 1.55. The van der Waals surface area contributed by atoms with Crippen LogP contribution in [0, 0.1) is 0 Å². The Morgan fingerprint density at radius 2 is 2.06 bits per heavy atom. The number of carbonyl (C=O) groups excluding carboxylic acids is 2. The fourth-order valence-electron chi connectivity index (χ4n) is 1.55. The van der Waals surface area contributed by atoms with Gasteiger partial charge in [0.15, 0.2) is 0 Å². The first-order chi connectivity index (χ1) is 8.08. The third-order valence-electron chi connectivity index (χ3n) is 2.38. The highest BCUT2D eigenvalue weighted by atomic mass is 16.2. The second-order valence-corrected chi connectivity index (χ2v) is 3.56. The van der Waals surface area contributed by atoms with Gasteiger partial charge in [-0.2, -0.15) is 0 Å². The maximum Gasteiger partial charge on any atom is 0.325 e. The molecule has 8 heteroatoms. The number of carbonyl (C=O) groups is 2. The largest absolute Gasteiger partial charge is 0.353 e. The molecule has 0 aromatic carbocycles. The van der Waals surface area contributed by atoms with E-state index in [0.717, 1.165) is 6.20 Å². The monoisotopic (exact) mass is 238 g/mol. The average molecular weight is 238 g/mol. The Morgan fingerprint density at radius 1 is 1.29 bits per heavy atom. The third-order valence-corrected chi connectivity index (χ3v) is 2.38. The lowest BCUT2D eigenvalue weighted by atomic mass is 10.2. The zero-order valence-corrected chi connectivity index (χ0v) is 8.78. The molecule has 0 radical (unpaired) electrons. The van der Waals surface area contributed by atoms with Gasteiger partial charge in [0.25, 0.3) is 11.5 Å². The number of H-pyrrole nitrogens is 2. The normalized spacial score (nSPS) is 15.5. The third kappa shape index (κ3) is 2.25. The molecular weight excluding hydrogens is 228 g/mol. The van der Waals surface area contributed by atoms with E-state index in [1.807, 2.05) is 4.98 Å². The van der Waals surface area contributed by atoms with Gasteiger partial charge in [0.1, 0.15) is 5.56 Å². The van der Waals surface area contributed by atoms with Gasteiger partial charge in [0, 0.05) is 19.3 Å². The van der Waals surface area contributed by atoms with Crippen LogP contribution in [0.1, 0.15) is 10.4 Å². The summed E-state index contributed by atoms with van der Waals surface area (Å²) in [5, 5.41) is 2.57. The molecule has 17 heavy (non-hydrogen) atoms. The molecule has 90 valence electrons. The van der Waals surface area contributed by atoms with E-state index in [2.05, 4.69) is 10.3 Å². The van der Waals surface area contributed by atoms with Gasteiger partial charge in [-0.15, -0.1) is 0 Å². The summed E-state index contributed by atoms with van der Waals surface area (Å²) in [6.07, 6.45) is 1.05. The zero-order chi connectivity index (χ0) is 12.4. The van der Waals surface area contributed by atoms with Crippen molar-refractivity contribution in [1.29, 1.82) is 0 Å². The van der Waals surface area contributed by atoms with Gasteiger partial charge < -0.3 is 15.2 Å². The summed E-state index contributed by atoms with van der Waals surface area (Å²) in [7, 11) is 0. The van der Waals surface area contributed by atoms with Crippen LogP contribution in [0.15, 0.2) is 15.8 Å². The van der Waals surface area contributed by atoms with E-state index in [1.165, 1.54) is 4.90 Å². The van der Waals surface area contributed by atoms with Crippen LogP contribution in [-0.2, 0) is 4.79 Å². The number of hydrogen-bond acceptors (Lipinski definition) is 4. The van der Waals surface area contributed by atoms with Crippen molar-refractivity contribution >= 4 is 11.8 Å². The second-order valence-electron chi connectivity index (χ2n) is 3.56. The van der Waals surface area contributed by atoms with Gasteiger partial charge in [-0.25, -0.2) is 4.79 Å². The molecule has 1 saturated heterocycles. The Morgan fingerprint density at radius 3 is 2.71 bits per heavy atom. The highest BCUT2D eigenvalue weighted by Gasteiger charge is 2.24. The minimum Gasteiger partial charge on any atom is -0.353 e. The van der Waals surface area contributed by atoms with Gasteiger partial charge in [-0.1, -0.05) is 0 Å². The minimum atomic E-state index is -0.760. The molecular formula is C9H10N4O4. The molecule has 0 unspecified atom stereocenters. The van der Waals surface area contributed by atoms with E-state index in [9.17, 15) is 19.2 Å². The van der Waals surface area contributed by atoms with Gasteiger partial charge in [-0.3, -0.25) is 19.4 Å². The molecule has 3 N–H and O–H groups in total. The molecule has 0 spiro atoms. The van der Waals surface area contributed by atoms with Gasteiger partial charge in [-0.05, 0) is 0 Å². The highest BCUT2D eigenvalue weighted by molar-refractivity contribution is 5.96. The van der Waals surface area contributed by atoms with E-state index in [0.29, 0.717) is 13.1 Å². The number of nitrogens with zero attached hydrogens (tertiary/aromatic N) is 1. The smallest absolute Gasteiger partial charge is 0.325 e. The summed E-state index contributed by atoms with van der Waals surface area (Å²) >= 11 is 0. The van der Waals surface area contributed by atoms with Gasteiger partial charge >= 0.3 is 5.69 Å². The highest BCUT2D eigenvalue weighted by Crippen LogP contribution is 1.99. The van der Waals surface area contributed by atoms with Crippen LogP contribution in [0.25, 0.3) is 0 Å². The summed E-state index contributed by atoms with van der Waals surface area (Å²) in [4.78, 5) is 50.6. The lowest BCUT2D eigenvalue weighted by Gasteiger charge is -2.26. The first kappa shape index (κ1) is 11.1. The SMILES string of the molecule is O=C1CN(C(=O)c2c[nH]c(=O)[nH]c2=O)CCN1. The standard InChI is InChI=1S/C9H10N4O4/c14-6-4-13(2-1-10-6)8(16)5-3-11-9(17)12-7(5)15/h3H,1-2,4H2,(H,10,14)(H2,11,12,15,17). The van der Waals surface area contributed by atoms with Crippen molar-refractivity contribution in [2.24, 2.45) is 0 Å². The summed E-state index contributed by atoms with van der Waals surface area (Å²) < 4.78 is 0. The molecule has 1 aliphatic rings. The number of aromatic nitrogens is 2. The molecule has 0 atom stereocenters. The zero-order valence-electron chi connectivity index (χ0n) is 8.78. The number of nitrogens with one attached hydrogen (secondary N) is 3. The second kappa shape index (κ2) is 4.24. The average Bonchev–Trinajstić information content (AvgIpc) is 2.28. The van der Waals surface area contributed by atoms with Crippen LogP contribution in [0.4, 0.5) is 0 Å². The number of hydrogen-bond donors (Lipinski definition) is 3. The predicted molar refractivity (Wildman–Crippen MR) is 56.6 cm³/mol. The molecule has 0 saturated carbocycles. The van der Waals surface area contributed by atoms with Crippen LogP contribution in [0.2, 0.25) is 0 Å². The van der Waals surface area contributed by atoms with Crippen LogP contribution in [-0.4, -0.2) is 46.3 Å². The van der Waals surface area contributed by atoms with Crippen LogP contribution >= 0.6 is 0 Å². The first-order valence-corrected chi connectivity index (χ1v) is 4.96. The molecule has 2 amide bonds. The van der Waals surface area contributed by atoms with E-state index in [-0.39, 0.29) is 18.0 Å². The van der Waals surface area contributed by atoms with Crippen molar-refractivity contribution in [3.63, 3.8) is 0 Å². The Balaban J connectivity index is 2.27. The van der Waals surface area contributed by atoms with Crippen molar-refractivity contribution < 1.29 is 9.59 Å². The Bertz CT molecular complexity index is 573. The van der Waals surface area contributed by atoms with E-state index >= 15 is 0 Å². The lowest BCUT2D eigenvalue weighted by molar-refractivity contribution is -0.123. The van der Waals surface area contributed by atoms with Crippen molar-refractivity contribution in [1.82, 2.24) is 20.2 Å². The van der Waals surface area contributed by atoms with Crippen molar-refractivity contribution in [2.45, 2.75) is 0 Å². The maximum absolute atomic E-state index is 11.9. The van der Waals surface area contributed by atoms with E-state index in [1.54, 1.807) is 0 Å². The Hall–Kier alpha value is -2.38. The van der Waals surface area contributed by atoms with Gasteiger partial charge in [0.05, 0.1) is 6.54 Å². The maximum atomic E-state index is 11.9. The summed E-state index contributed by atoms with van der Waals surface area (Å²) in [6, 6.07) is 0. The minimum absolute atomic E-state index is 0.0859. The molecule has 2 rings (SSSR count). The molecule has 0 bridgehead atoms. The first-order valence-electron chi connectivity index (χ1n) is 4.96. The van der Waals surface area contributed by atoms with Crippen molar-refractivity contribution in [2.75, 3.05) is 19.6 Å². The summed E-state index contributed by atoms with van der Waals surface area (Å²) in [5.74, 6) is -0.845. The van der Waals surface area contributed by atoms with Crippen LogP contribution in [0.3, 0.4) is 0 Å². The lowest BCUT2D eigenvalue weighted by Crippen LogP contribution is -2.51. The fraction of sp³-hybridized carbons (Fsp3) is 0.333. The number of rotatable bonds is 1. The van der Waals surface area contributed by atoms with Gasteiger partial charge in [0.2, 0.25) is 5.91 Å². The number of aromatic amines is 2. The number of amides is 2. The molecule has 8 nitrogen and oxygen atoms in total. The number of piperazine rings is 1. The van der Waals surface area contributed by atoms with Crippen LogP contribution < -0.4 is 16.6 Å². The molecule has 1 fully saturated rings. The topological polar surface area (TPSA) is 115 Å².